The molecule has 1 unspecified atom stereocenters. The van der Waals surface area contributed by atoms with Gasteiger partial charge in [-0.2, -0.15) is 5.10 Å². The molecule has 2 aromatic heterocycles. The lowest BCUT2D eigenvalue weighted by atomic mass is 10.1. The van der Waals surface area contributed by atoms with Gasteiger partial charge in [0.05, 0.1) is 31.1 Å². The summed E-state index contributed by atoms with van der Waals surface area (Å²) in [6.07, 6.45) is 6.61. The molecule has 0 aliphatic heterocycles. The van der Waals surface area contributed by atoms with Crippen molar-refractivity contribution in [2.24, 2.45) is 5.92 Å². The van der Waals surface area contributed by atoms with Crippen molar-refractivity contribution in [1.29, 1.82) is 0 Å². The van der Waals surface area contributed by atoms with Gasteiger partial charge in [-0.25, -0.2) is 0 Å². The van der Waals surface area contributed by atoms with Crippen LogP contribution in [-0.4, -0.2) is 23.5 Å². The molecule has 3 rings (SSSR count). The van der Waals surface area contributed by atoms with Crippen LogP contribution in [0.25, 0.3) is 0 Å². The quantitative estimate of drug-likeness (QED) is 0.845. The molecule has 102 valence electrons. The maximum absolute atomic E-state index is 5.06. The van der Waals surface area contributed by atoms with E-state index in [4.69, 9.17) is 4.74 Å². The lowest BCUT2D eigenvalue weighted by molar-refractivity contribution is 0.183. The van der Waals surface area contributed by atoms with Gasteiger partial charge in [0, 0.05) is 18.2 Å². The van der Waals surface area contributed by atoms with Crippen molar-refractivity contribution in [2.45, 2.75) is 25.4 Å². The molecule has 1 N–H and O–H groups in total. The first-order valence-electron chi connectivity index (χ1n) is 6.68. The fraction of sp³-hybridized carbons (Fsp3) is 0.500. The highest BCUT2D eigenvalue weighted by Crippen LogP contribution is 2.44. The Labute approximate surface area is 117 Å². The molecule has 4 nitrogen and oxygen atoms in total. The first-order valence-corrected chi connectivity index (χ1v) is 7.56. The Balaban J connectivity index is 1.66. The van der Waals surface area contributed by atoms with Crippen LogP contribution in [0.1, 0.15) is 23.8 Å². The third-order valence-corrected chi connectivity index (χ3v) is 4.38. The Morgan fingerprint density at radius 1 is 1.58 bits per heavy atom. The van der Waals surface area contributed by atoms with Gasteiger partial charge in [0.15, 0.2) is 0 Å². The average molecular weight is 277 g/mol. The summed E-state index contributed by atoms with van der Waals surface area (Å²) in [7, 11) is 1.71. The van der Waals surface area contributed by atoms with Gasteiger partial charge in [-0.15, -0.1) is 11.3 Å². The average Bonchev–Trinajstić information content (AvgIpc) is 2.94. The molecule has 0 saturated heterocycles. The van der Waals surface area contributed by atoms with Gasteiger partial charge in [0.25, 0.3) is 0 Å². The molecule has 2 aromatic rings. The summed E-state index contributed by atoms with van der Waals surface area (Å²) in [4.78, 5) is 1.42. The molecule has 0 radical (unpaired) electrons. The van der Waals surface area contributed by atoms with E-state index in [2.05, 4.69) is 34.1 Å². The van der Waals surface area contributed by atoms with Crippen LogP contribution in [-0.2, 0) is 11.3 Å². The SMILES string of the molecule is COCCn1cc(NC(c2cccs2)C2CC2)cn1. The molecular formula is C14H19N3OS. The van der Waals surface area contributed by atoms with E-state index in [9.17, 15) is 0 Å². The predicted octanol–water partition coefficient (Wildman–Crippen LogP) is 3.15. The number of nitrogens with zero attached hydrogens (tertiary/aromatic N) is 2. The second-order valence-corrected chi connectivity index (χ2v) is 5.94. The van der Waals surface area contributed by atoms with E-state index in [1.54, 1.807) is 7.11 Å². The molecule has 1 aliphatic rings. The molecule has 0 amide bonds. The Kier molecular flexibility index (Phi) is 3.84. The minimum absolute atomic E-state index is 0.445. The highest BCUT2D eigenvalue weighted by atomic mass is 32.1. The zero-order valence-corrected chi connectivity index (χ0v) is 11.9. The van der Waals surface area contributed by atoms with E-state index in [0.29, 0.717) is 12.6 Å². The smallest absolute Gasteiger partial charge is 0.0731 e. The lowest BCUT2D eigenvalue weighted by Gasteiger charge is -2.16. The molecule has 0 aromatic carbocycles. The molecule has 0 spiro atoms. The van der Waals surface area contributed by atoms with Crippen LogP contribution in [0.2, 0.25) is 0 Å². The molecule has 2 heterocycles. The third kappa shape index (κ3) is 3.16. The van der Waals surface area contributed by atoms with Gasteiger partial charge in [-0.3, -0.25) is 4.68 Å². The summed E-state index contributed by atoms with van der Waals surface area (Å²) in [6, 6.07) is 4.79. The summed E-state index contributed by atoms with van der Waals surface area (Å²) < 4.78 is 6.98. The van der Waals surface area contributed by atoms with Crippen LogP contribution in [0.3, 0.4) is 0 Å². The van der Waals surface area contributed by atoms with Crippen LogP contribution in [0.15, 0.2) is 29.9 Å². The van der Waals surface area contributed by atoms with Gasteiger partial charge in [-0.1, -0.05) is 6.07 Å². The molecule has 1 aliphatic carbocycles. The van der Waals surface area contributed by atoms with Crippen molar-refractivity contribution in [1.82, 2.24) is 9.78 Å². The maximum Gasteiger partial charge on any atom is 0.0731 e. The number of rotatable bonds is 7. The first-order chi connectivity index (χ1) is 9.36. The van der Waals surface area contributed by atoms with Crippen molar-refractivity contribution in [3.8, 4) is 0 Å². The van der Waals surface area contributed by atoms with Gasteiger partial charge in [0.1, 0.15) is 0 Å². The van der Waals surface area contributed by atoms with E-state index in [1.807, 2.05) is 22.2 Å². The predicted molar refractivity (Wildman–Crippen MR) is 77.5 cm³/mol. The van der Waals surface area contributed by atoms with Gasteiger partial charge >= 0.3 is 0 Å². The molecule has 1 fully saturated rings. The highest BCUT2D eigenvalue weighted by Gasteiger charge is 2.33. The summed E-state index contributed by atoms with van der Waals surface area (Å²) in [5.41, 5.74) is 1.10. The second kappa shape index (κ2) is 5.75. The number of methoxy groups -OCH3 is 1. The van der Waals surface area contributed by atoms with Crippen LogP contribution in [0.5, 0.6) is 0 Å². The Morgan fingerprint density at radius 3 is 3.16 bits per heavy atom. The standard InChI is InChI=1S/C14H19N3OS/c1-18-7-6-17-10-12(9-15-17)16-14(11-4-5-11)13-3-2-8-19-13/h2-3,8-11,14,16H,4-7H2,1H3. The molecule has 19 heavy (non-hydrogen) atoms. The largest absolute Gasteiger partial charge is 0.383 e. The minimum atomic E-state index is 0.445. The van der Waals surface area contributed by atoms with E-state index >= 15 is 0 Å². The molecular weight excluding hydrogens is 258 g/mol. The van der Waals surface area contributed by atoms with E-state index in [0.717, 1.165) is 18.2 Å². The molecule has 1 atom stereocenters. The zero-order chi connectivity index (χ0) is 13.1. The third-order valence-electron chi connectivity index (χ3n) is 3.42. The van der Waals surface area contributed by atoms with Crippen molar-refractivity contribution in [2.75, 3.05) is 19.0 Å². The van der Waals surface area contributed by atoms with Crippen molar-refractivity contribution >= 4 is 17.0 Å². The number of thiophene rings is 1. The number of ether oxygens (including phenoxy) is 1. The Bertz CT molecular complexity index is 505. The van der Waals surface area contributed by atoms with Crippen molar-refractivity contribution in [3.05, 3.63) is 34.8 Å². The van der Waals surface area contributed by atoms with Gasteiger partial charge in [0.2, 0.25) is 0 Å². The van der Waals surface area contributed by atoms with E-state index in [-0.39, 0.29) is 0 Å². The van der Waals surface area contributed by atoms with Crippen LogP contribution < -0.4 is 5.32 Å². The number of hydrogen-bond acceptors (Lipinski definition) is 4. The highest BCUT2D eigenvalue weighted by molar-refractivity contribution is 7.10. The Hall–Kier alpha value is -1.33. The van der Waals surface area contributed by atoms with Crippen LogP contribution >= 0.6 is 11.3 Å². The number of nitrogens with one attached hydrogen (secondary N) is 1. The fourth-order valence-corrected chi connectivity index (χ4v) is 3.11. The maximum atomic E-state index is 5.06. The van der Waals surface area contributed by atoms with Gasteiger partial charge in [-0.05, 0) is 30.2 Å². The number of hydrogen-bond donors (Lipinski definition) is 1. The summed E-state index contributed by atoms with van der Waals surface area (Å²) >= 11 is 1.83. The fourth-order valence-electron chi connectivity index (χ4n) is 2.24. The first kappa shape index (κ1) is 12.7. The minimum Gasteiger partial charge on any atom is -0.383 e. The van der Waals surface area contributed by atoms with Crippen LogP contribution in [0.4, 0.5) is 5.69 Å². The van der Waals surface area contributed by atoms with Crippen molar-refractivity contribution in [3.63, 3.8) is 0 Å². The number of anilines is 1. The summed E-state index contributed by atoms with van der Waals surface area (Å²) in [6.45, 7) is 1.49. The Morgan fingerprint density at radius 2 is 2.47 bits per heavy atom. The van der Waals surface area contributed by atoms with Gasteiger partial charge < -0.3 is 10.1 Å². The number of aromatic nitrogens is 2. The molecule has 1 saturated carbocycles. The normalized spacial score (nSPS) is 16.5. The zero-order valence-electron chi connectivity index (χ0n) is 11.1. The second-order valence-electron chi connectivity index (χ2n) is 4.96. The van der Waals surface area contributed by atoms with E-state index in [1.165, 1.54) is 17.7 Å². The summed E-state index contributed by atoms with van der Waals surface area (Å²) in [5, 5.41) is 10.1. The molecule has 5 heteroatoms. The lowest BCUT2D eigenvalue weighted by Crippen LogP contribution is -2.11. The molecule has 0 bridgehead atoms. The topological polar surface area (TPSA) is 39.1 Å². The van der Waals surface area contributed by atoms with Crippen molar-refractivity contribution < 1.29 is 4.74 Å². The summed E-state index contributed by atoms with van der Waals surface area (Å²) in [5.74, 6) is 0.779. The van der Waals surface area contributed by atoms with E-state index < -0.39 is 0 Å². The van der Waals surface area contributed by atoms with Crippen LogP contribution in [0, 0.1) is 5.92 Å². The monoisotopic (exact) mass is 277 g/mol.